The van der Waals surface area contributed by atoms with Gasteiger partial charge in [-0.2, -0.15) is 0 Å². The van der Waals surface area contributed by atoms with E-state index in [-0.39, 0.29) is 0 Å². The minimum atomic E-state index is 0.324. The van der Waals surface area contributed by atoms with Gasteiger partial charge in [0.05, 0.1) is 6.20 Å². The van der Waals surface area contributed by atoms with Gasteiger partial charge in [-0.3, -0.25) is 4.98 Å². The number of nitrogens with zero attached hydrogens (tertiary/aromatic N) is 4. The maximum absolute atomic E-state index is 5.52. The van der Waals surface area contributed by atoms with Gasteiger partial charge >= 0.3 is 0 Å². The fourth-order valence-electron chi connectivity index (χ4n) is 1.51. The van der Waals surface area contributed by atoms with Crippen molar-refractivity contribution in [3.63, 3.8) is 0 Å². The third-order valence-corrected chi connectivity index (χ3v) is 2.58. The van der Waals surface area contributed by atoms with E-state index in [1.165, 1.54) is 0 Å². The lowest BCUT2D eigenvalue weighted by molar-refractivity contribution is 0.504. The average molecular weight is 242 g/mol. The molecule has 3 heterocycles. The summed E-state index contributed by atoms with van der Waals surface area (Å²) in [5, 5.41) is 7.86. The predicted molar refractivity (Wildman–Crippen MR) is 62.5 cm³/mol. The smallest absolute Gasteiger partial charge is 0.283 e. The zero-order valence-corrected chi connectivity index (χ0v) is 9.91. The molecule has 0 radical (unpaired) electrons. The molecule has 3 aromatic heterocycles. The molecule has 0 bridgehead atoms. The second kappa shape index (κ2) is 4.06. The standard InChI is InChI=1S/C12H10N4O2/c1-7-5-10(17-8(7)2)12-16-15-11(18-12)9-6-13-3-4-14-9/h3-6H,1-2H3. The summed E-state index contributed by atoms with van der Waals surface area (Å²) in [6.07, 6.45) is 4.72. The summed E-state index contributed by atoms with van der Waals surface area (Å²) in [6.45, 7) is 3.85. The van der Waals surface area contributed by atoms with E-state index < -0.39 is 0 Å². The van der Waals surface area contributed by atoms with Crippen molar-refractivity contribution in [2.75, 3.05) is 0 Å². The lowest BCUT2D eigenvalue weighted by Crippen LogP contribution is -1.83. The lowest BCUT2D eigenvalue weighted by Gasteiger charge is -1.90. The maximum atomic E-state index is 5.52. The van der Waals surface area contributed by atoms with E-state index in [0.717, 1.165) is 11.3 Å². The summed E-state index contributed by atoms with van der Waals surface area (Å²) < 4.78 is 11.0. The van der Waals surface area contributed by atoms with E-state index in [1.807, 2.05) is 19.9 Å². The van der Waals surface area contributed by atoms with E-state index in [9.17, 15) is 0 Å². The lowest BCUT2D eigenvalue weighted by atomic mass is 10.3. The monoisotopic (exact) mass is 242 g/mol. The highest BCUT2D eigenvalue weighted by Crippen LogP contribution is 2.25. The van der Waals surface area contributed by atoms with E-state index in [4.69, 9.17) is 8.83 Å². The SMILES string of the molecule is Cc1cc(-c2nnc(-c3cnccn3)o2)oc1C. The van der Waals surface area contributed by atoms with Crippen molar-refractivity contribution in [1.29, 1.82) is 0 Å². The molecule has 0 saturated carbocycles. The number of rotatable bonds is 2. The van der Waals surface area contributed by atoms with Crippen molar-refractivity contribution >= 4 is 0 Å². The van der Waals surface area contributed by atoms with E-state index in [2.05, 4.69) is 20.2 Å². The summed E-state index contributed by atoms with van der Waals surface area (Å²) in [5.41, 5.74) is 1.58. The Kier molecular flexibility index (Phi) is 2.40. The second-order valence-corrected chi connectivity index (χ2v) is 3.85. The Morgan fingerprint density at radius 3 is 2.50 bits per heavy atom. The van der Waals surface area contributed by atoms with Crippen LogP contribution < -0.4 is 0 Å². The van der Waals surface area contributed by atoms with Crippen LogP contribution in [-0.2, 0) is 0 Å². The molecular formula is C12H10N4O2. The van der Waals surface area contributed by atoms with Gasteiger partial charge in [0.2, 0.25) is 0 Å². The molecular weight excluding hydrogens is 232 g/mol. The summed E-state index contributed by atoms with van der Waals surface area (Å²) in [7, 11) is 0. The molecule has 0 unspecified atom stereocenters. The fourth-order valence-corrected chi connectivity index (χ4v) is 1.51. The van der Waals surface area contributed by atoms with Crippen molar-refractivity contribution in [2.24, 2.45) is 0 Å². The van der Waals surface area contributed by atoms with Crippen LogP contribution in [0.15, 0.2) is 33.5 Å². The highest BCUT2D eigenvalue weighted by atomic mass is 16.4. The van der Waals surface area contributed by atoms with Crippen LogP contribution in [0, 0.1) is 13.8 Å². The van der Waals surface area contributed by atoms with Gasteiger partial charge in [-0.15, -0.1) is 10.2 Å². The zero-order valence-electron chi connectivity index (χ0n) is 9.91. The third-order valence-electron chi connectivity index (χ3n) is 2.58. The quantitative estimate of drug-likeness (QED) is 0.686. The summed E-state index contributed by atoms with van der Waals surface area (Å²) in [4.78, 5) is 8.04. The van der Waals surface area contributed by atoms with Crippen LogP contribution in [0.25, 0.3) is 23.2 Å². The molecule has 0 amide bonds. The van der Waals surface area contributed by atoms with Crippen LogP contribution in [-0.4, -0.2) is 20.2 Å². The maximum Gasteiger partial charge on any atom is 0.283 e. The van der Waals surface area contributed by atoms with Crippen molar-refractivity contribution in [2.45, 2.75) is 13.8 Å². The molecule has 3 aromatic rings. The van der Waals surface area contributed by atoms with E-state index >= 15 is 0 Å². The minimum absolute atomic E-state index is 0.324. The topological polar surface area (TPSA) is 77.8 Å². The van der Waals surface area contributed by atoms with Crippen LogP contribution in [0.5, 0.6) is 0 Å². The Morgan fingerprint density at radius 1 is 1.00 bits per heavy atom. The normalized spacial score (nSPS) is 10.8. The first-order valence-corrected chi connectivity index (χ1v) is 5.41. The Hall–Kier alpha value is -2.50. The molecule has 0 saturated heterocycles. The molecule has 0 aromatic carbocycles. The summed E-state index contributed by atoms with van der Waals surface area (Å²) >= 11 is 0. The van der Waals surface area contributed by atoms with Gasteiger partial charge in [0, 0.05) is 12.4 Å². The highest BCUT2D eigenvalue weighted by Gasteiger charge is 2.15. The molecule has 90 valence electrons. The molecule has 6 heteroatoms. The number of furan rings is 1. The van der Waals surface area contributed by atoms with Crippen molar-refractivity contribution in [3.05, 3.63) is 36.0 Å². The Bertz CT molecular complexity index is 653. The molecule has 0 N–H and O–H groups in total. The van der Waals surface area contributed by atoms with E-state index in [0.29, 0.717) is 23.2 Å². The molecule has 0 atom stereocenters. The van der Waals surface area contributed by atoms with Crippen molar-refractivity contribution in [3.8, 4) is 23.2 Å². The number of aromatic nitrogens is 4. The summed E-state index contributed by atoms with van der Waals surface area (Å²) in [5.74, 6) is 2.06. The minimum Gasteiger partial charge on any atom is -0.456 e. The van der Waals surface area contributed by atoms with Crippen LogP contribution in [0.2, 0.25) is 0 Å². The first-order valence-electron chi connectivity index (χ1n) is 5.41. The molecule has 3 rings (SSSR count). The van der Waals surface area contributed by atoms with Crippen molar-refractivity contribution in [1.82, 2.24) is 20.2 Å². The average Bonchev–Trinajstić information content (AvgIpc) is 2.99. The van der Waals surface area contributed by atoms with Crippen LogP contribution in [0.3, 0.4) is 0 Å². The van der Waals surface area contributed by atoms with Crippen LogP contribution in [0.4, 0.5) is 0 Å². The van der Waals surface area contributed by atoms with Gasteiger partial charge in [-0.1, -0.05) is 0 Å². The van der Waals surface area contributed by atoms with Crippen molar-refractivity contribution < 1.29 is 8.83 Å². The van der Waals surface area contributed by atoms with Gasteiger partial charge in [0.1, 0.15) is 11.5 Å². The largest absolute Gasteiger partial charge is 0.456 e. The van der Waals surface area contributed by atoms with Gasteiger partial charge in [-0.05, 0) is 25.5 Å². The summed E-state index contributed by atoms with van der Waals surface area (Å²) in [6, 6.07) is 1.86. The molecule has 0 aliphatic heterocycles. The highest BCUT2D eigenvalue weighted by molar-refractivity contribution is 5.51. The second-order valence-electron chi connectivity index (χ2n) is 3.85. The number of aryl methyl sites for hydroxylation is 2. The van der Waals surface area contributed by atoms with Gasteiger partial charge in [-0.25, -0.2) is 4.98 Å². The Morgan fingerprint density at radius 2 is 1.83 bits per heavy atom. The fraction of sp³-hybridized carbons (Fsp3) is 0.167. The molecule has 0 fully saturated rings. The Balaban J connectivity index is 1.99. The molecule has 0 spiro atoms. The van der Waals surface area contributed by atoms with E-state index in [1.54, 1.807) is 18.6 Å². The molecule has 0 aliphatic carbocycles. The number of hydrogen-bond donors (Lipinski definition) is 0. The molecule has 6 nitrogen and oxygen atoms in total. The van der Waals surface area contributed by atoms with Gasteiger partial charge in [0.25, 0.3) is 11.8 Å². The van der Waals surface area contributed by atoms with Gasteiger partial charge < -0.3 is 8.83 Å². The molecule has 0 aliphatic rings. The van der Waals surface area contributed by atoms with Crippen LogP contribution in [0.1, 0.15) is 11.3 Å². The third kappa shape index (κ3) is 1.77. The van der Waals surface area contributed by atoms with Crippen LogP contribution >= 0.6 is 0 Å². The first-order chi connectivity index (χ1) is 8.74. The first kappa shape index (κ1) is 10.6. The zero-order chi connectivity index (χ0) is 12.5. The number of hydrogen-bond acceptors (Lipinski definition) is 6. The Labute approximate surface area is 103 Å². The molecule has 18 heavy (non-hydrogen) atoms. The van der Waals surface area contributed by atoms with Gasteiger partial charge in [0.15, 0.2) is 5.76 Å². The predicted octanol–water partition coefficient (Wildman–Crippen LogP) is 2.40.